The van der Waals surface area contributed by atoms with Gasteiger partial charge in [-0.05, 0) is 51.3 Å². The van der Waals surface area contributed by atoms with E-state index >= 15 is 0 Å². The minimum Gasteiger partial charge on any atom is -0.444 e. The molecule has 3 rings (SSSR count). The van der Waals surface area contributed by atoms with E-state index in [1.807, 2.05) is 37.8 Å². The Kier molecular flexibility index (Phi) is 4.76. The van der Waals surface area contributed by atoms with Crippen LogP contribution in [-0.4, -0.2) is 43.4 Å². The number of likely N-dealkylation sites (tertiary alicyclic amines) is 1. The van der Waals surface area contributed by atoms with Crippen LogP contribution in [0.5, 0.6) is 0 Å². The van der Waals surface area contributed by atoms with Gasteiger partial charge in [-0.3, -0.25) is 0 Å². The molecule has 1 heterocycles. The van der Waals surface area contributed by atoms with Crippen LogP contribution in [0, 0.1) is 5.41 Å². The third kappa shape index (κ3) is 3.36. The van der Waals surface area contributed by atoms with Gasteiger partial charge in [0.15, 0.2) is 0 Å². The third-order valence-corrected chi connectivity index (χ3v) is 6.12. The first-order valence-corrected chi connectivity index (χ1v) is 9.31. The number of amides is 1. The summed E-state index contributed by atoms with van der Waals surface area (Å²) in [5.41, 5.74) is 0.597. The molecule has 2 fully saturated rings. The number of methoxy groups -OCH3 is 1. The van der Waals surface area contributed by atoms with Gasteiger partial charge in [-0.15, -0.1) is 0 Å². The van der Waals surface area contributed by atoms with Crippen molar-refractivity contribution in [3.8, 4) is 0 Å². The van der Waals surface area contributed by atoms with Gasteiger partial charge < -0.3 is 14.4 Å². The number of benzene rings is 1. The molecule has 0 aromatic heterocycles. The molecule has 1 saturated carbocycles. The molecule has 1 aliphatic carbocycles. The van der Waals surface area contributed by atoms with Crippen molar-refractivity contribution in [1.82, 2.24) is 4.90 Å². The summed E-state index contributed by atoms with van der Waals surface area (Å²) >= 11 is 12.3. The van der Waals surface area contributed by atoms with Crippen LogP contribution in [-0.2, 0) is 14.9 Å². The Morgan fingerprint density at radius 2 is 2.00 bits per heavy atom. The van der Waals surface area contributed by atoms with Crippen molar-refractivity contribution in [2.75, 3.05) is 26.8 Å². The molecule has 0 bridgehead atoms. The Morgan fingerprint density at radius 3 is 2.60 bits per heavy atom. The highest BCUT2D eigenvalue weighted by atomic mass is 35.5. The quantitative estimate of drug-likeness (QED) is 0.741. The van der Waals surface area contributed by atoms with E-state index in [1.165, 1.54) is 5.56 Å². The first kappa shape index (κ1) is 18.8. The lowest BCUT2D eigenvalue weighted by atomic mass is 9.80. The van der Waals surface area contributed by atoms with Crippen LogP contribution in [0.3, 0.4) is 0 Å². The fourth-order valence-electron chi connectivity index (χ4n) is 4.20. The maximum atomic E-state index is 12.5. The zero-order chi connectivity index (χ0) is 18.5. The average Bonchev–Trinajstić information content (AvgIpc) is 3.17. The van der Waals surface area contributed by atoms with Gasteiger partial charge in [0.1, 0.15) is 5.60 Å². The van der Waals surface area contributed by atoms with Crippen molar-refractivity contribution in [1.29, 1.82) is 0 Å². The van der Waals surface area contributed by atoms with E-state index in [4.69, 9.17) is 32.7 Å². The van der Waals surface area contributed by atoms with Crippen molar-refractivity contribution in [3.05, 3.63) is 33.8 Å². The number of nitrogens with zero attached hydrogens (tertiary/aromatic N) is 1. The molecular weight excluding hydrogens is 361 g/mol. The van der Waals surface area contributed by atoms with Gasteiger partial charge in [0.25, 0.3) is 0 Å². The van der Waals surface area contributed by atoms with Crippen molar-refractivity contribution in [2.45, 2.75) is 44.6 Å². The van der Waals surface area contributed by atoms with Gasteiger partial charge in [0, 0.05) is 31.0 Å². The van der Waals surface area contributed by atoms with E-state index < -0.39 is 5.60 Å². The molecule has 1 aromatic rings. The van der Waals surface area contributed by atoms with Gasteiger partial charge in [-0.1, -0.05) is 29.3 Å². The van der Waals surface area contributed by atoms with E-state index in [0.29, 0.717) is 29.7 Å². The summed E-state index contributed by atoms with van der Waals surface area (Å²) < 4.78 is 11.1. The molecule has 25 heavy (non-hydrogen) atoms. The molecule has 2 atom stereocenters. The molecule has 1 aliphatic heterocycles. The Bertz CT molecular complexity index is 688. The van der Waals surface area contributed by atoms with Crippen LogP contribution < -0.4 is 0 Å². The summed E-state index contributed by atoms with van der Waals surface area (Å²) in [6.45, 7) is 7.56. The highest BCUT2D eigenvalue weighted by molar-refractivity contribution is 6.42. The predicted molar refractivity (Wildman–Crippen MR) is 99.5 cm³/mol. The Morgan fingerprint density at radius 1 is 1.28 bits per heavy atom. The van der Waals surface area contributed by atoms with Crippen LogP contribution in [0.1, 0.15) is 39.2 Å². The molecule has 0 spiro atoms. The maximum absolute atomic E-state index is 12.5. The molecule has 0 N–H and O–H groups in total. The fraction of sp³-hybridized carbons (Fsp3) is 0.632. The van der Waals surface area contributed by atoms with Gasteiger partial charge in [-0.2, -0.15) is 0 Å². The van der Waals surface area contributed by atoms with Gasteiger partial charge in [0.05, 0.1) is 16.7 Å². The van der Waals surface area contributed by atoms with E-state index in [0.717, 1.165) is 12.8 Å². The number of rotatable bonds is 3. The molecule has 4 nitrogen and oxygen atoms in total. The lowest BCUT2D eigenvalue weighted by Crippen LogP contribution is -2.48. The SMILES string of the molecule is COCC12CN(C(=O)OC(C)(C)C)CC[C@]1(c1ccc(Cl)c(Cl)c1)C2. The smallest absolute Gasteiger partial charge is 0.410 e. The largest absolute Gasteiger partial charge is 0.444 e. The monoisotopic (exact) mass is 385 g/mol. The lowest BCUT2D eigenvalue weighted by Gasteiger charge is -2.38. The number of hydrogen-bond donors (Lipinski definition) is 0. The molecule has 1 saturated heterocycles. The second kappa shape index (κ2) is 6.33. The lowest BCUT2D eigenvalue weighted by molar-refractivity contribution is 0.00562. The Balaban J connectivity index is 1.83. The molecule has 138 valence electrons. The summed E-state index contributed by atoms with van der Waals surface area (Å²) in [5.74, 6) is 0. The van der Waals surface area contributed by atoms with Gasteiger partial charge >= 0.3 is 6.09 Å². The minimum absolute atomic E-state index is 0.00421. The topological polar surface area (TPSA) is 38.8 Å². The zero-order valence-electron chi connectivity index (χ0n) is 15.2. The number of carbonyl (C=O) groups is 1. The average molecular weight is 386 g/mol. The summed E-state index contributed by atoms with van der Waals surface area (Å²) in [5, 5.41) is 1.13. The van der Waals surface area contributed by atoms with Crippen molar-refractivity contribution < 1.29 is 14.3 Å². The van der Waals surface area contributed by atoms with Crippen LogP contribution in [0.4, 0.5) is 4.79 Å². The maximum Gasteiger partial charge on any atom is 0.410 e. The number of halogens is 2. The van der Waals surface area contributed by atoms with Crippen molar-refractivity contribution >= 4 is 29.3 Å². The summed E-state index contributed by atoms with van der Waals surface area (Å²) in [4.78, 5) is 14.3. The van der Waals surface area contributed by atoms with Crippen LogP contribution in [0.25, 0.3) is 0 Å². The number of fused-ring (bicyclic) bond motifs is 1. The molecule has 1 unspecified atom stereocenters. The first-order valence-electron chi connectivity index (χ1n) is 8.55. The molecular formula is C19H25Cl2NO3. The van der Waals surface area contributed by atoms with Gasteiger partial charge in [0.2, 0.25) is 0 Å². The number of ether oxygens (including phenoxy) is 2. The van der Waals surface area contributed by atoms with E-state index in [2.05, 4.69) is 6.07 Å². The molecule has 1 amide bonds. The summed E-state index contributed by atoms with van der Waals surface area (Å²) in [6.07, 6.45) is 1.59. The zero-order valence-corrected chi connectivity index (χ0v) is 16.7. The second-order valence-corrected chi connectivity index (χ2v) is 9.07. The van der Waals surface area contributed by atoms with Crippen molar-refractivity contribution in [2.24, 2.45) is 5.41 Å². The Hall–Kier alpha value is -0.970. The van der Waals surface area contributed by atoms with E-state index in [9.17, 15) is 4.79 Å². The van der Waals surface area contributed by atoms with Crippen LogP contribution >= 0.6 is 23.2 Å². The highest BCUT2D eigenvalue weighted by Gasteiger charge is 2.70. The summed E-state index contributed by atoms with van der Waals surface area (Å²) in [7, 11) is 1.71. The van der Waals surface area contributed by atoms with Crippen molar-refractivity contribution in [3.63, 3.8) is 0 Å². The van der Waals surface area contributed by atoms with Gasteiger partial charge in [-0.25, -0.2) is 4.79 Å². The van der Waals surface area contributed by atoms with E-state index in [-0.39, 0.29) is 16.9 Å². The summed E-state index contributed by atoms with van der Waals surface area (Å²) in [6, 6.07) is 5.86. The number of carbonyl (C=O) groups excluding carboxylic acids is 1. The highest BCUT2D eigenvalue weighted by Crippen LogP contribution is 2.69. The molecule has 0 radical (unpaired) electrons. The number of piperidine rings is 1. The molecule has 2 aliphatic rings. The third-order valence-electron chi connectivity index (χ3n) is 5.38. The molecule has 1 aromatic carbocycles. The predicted octanol–water partition coefficient (Wildman–Crippen LogP) is 4.91. The van der Waals surface area contributed by atoms with Crippen LogP contribution in [0.15, 0.2) is 18.2 Å². The standard InChI is InChI=1S/C19H25Cl2NO3/c1-17(2,3)25-16(23)22-8-7-19(10-18(19,11-22)12-24-4)13-5-6-14(20)15(21)9-13/h5-6,9H,7-8,10-12H2,1-4H3/t18?,19-/m1/s1. The van der Waals surface area contributed by atoms with E-state index in [1.54, 1.807) is 7.11 Å². The normalized spacial score (nSPS) is 28.5. The van der Waals surface area contributed by atoms with Crippen LogP contribution in [0.2, 0.25) is 10.0 Å². The number of hydrogen-bond acceptors (Lipinski definition) is 3. The molecule has 6 heteroatoms. The minimum atomic E-state index is -0.493. The second-order valence-electron chi connectivity index (χ2n) is 8.25. The first-order chi connectivity index (χ1) is 11.6. The Labute approximate surface area is 159 Å². The fourth-order valence-corrected chi connectivity index (χ4v) is 4.50.